The van der Waals surface area contributed by atoms with E-state index in [4.69, 9.17) is 0 Å². The number of aliphatic hydroxyl groups is 1. The Morgan fingerprint density at radius 2 is 2.27 bits per heavy atom. The summed E-state index contributed by atoms with van der Waals surface area (Å²) in [6, 6.07) is 10.1. The predicted octanol–water partition coefficient (Wildman–Crippen LogP) is 2.58. The molecule has 0 aliphatic carbocycles. The van der Waals surface area contributed by atoms with Crippen molar-refractivity contribution in [1.82, 2.24) is 10.6 Å². The second-order valence-electron chi connectivity index (χ2n) is 6.13. The van der Waals surface area contributed by atoms with Crippen molar-refractivity contribution >= 4 is 27.3 Å². The lowest BCUT2D eigenvalue weighted by Gasteiger charge is -2.33. The van der Waals surface area contributed by atoms with Gasteiger partial charge in [-0.3, -0.25) is 4.79 Å². The van der Waals surface area contributed by atoms with Crippen LogP contribution in [0.4, 0.5) is 0 Å². The minimum Gasteiger partial charge on any atom is -0.386 e. The Labute approximate surface area is 134 Å². The molecule has 1 aliphatic rings. The molecule has 0 bridgehead atoms. The molecule has 0 saturated carbocycles. The Hall–Kier alpha value is -1.43. The van der Waals surface area contributed by atoms with Crippen LogP contribution in [-0.4, -0.2) is 29.6 Å². The highest BCUT2D eigenvalue weighted by Gasteiger charge is 2.34. The minimum atomic E-state index is -0.659. The molecule has 2 atom stereocenters. The van der Waals surface area contributed by atoms with Crippen LogP contribution < -0.4 is 10.6 Å². The van der Waals surface area contributed by atoms with Crippen LogP contribution in [0.25, 0.3) is 10.1 Å². The van der Waals surface area contributed by atoms with Gasteiger partial charge in [0.1, 0.15) is 6.10 Å². The summed E-state index contributed by atoms with van der Waals surface area (Å²) in [5.41, 5.74) is -0.502. The third kappa shape index (κ3) is 3.16. The van der Waals surface area contributed by atoms with E-state index in [1.165, 1.54) is 0 Å². The number of carbonyl (C=O) groups excluding carboxylic acids is 1. The maximum Gasteiger partial charge on any atom is 0.240 e. The molecule has 1 fully saturated rings. The lowest BCUT2D eigenvalue weighted by Crippen LogP contribution is -2.57. The van der Waals surface area contributed by atoms with E-state index < -0.39 is 11.6 Å². The van der Waals surface area contributed by atoms with Gasteiger partial charge in [-0.1, -0.05) is 18.2 Å². The molecule has 3 rings (SSSR count). The average molecular weight is 318 g/mol. The Kier molecular flexibility index (Phi) is 4.47. The van der Waals surface area contributed by atoms with Gasteiger partial charge in [-0.05, 0) is 50.2 Å². The van der Waals surface area contributed by atoms with Crippen LogP contribution >= 0.6 is 11.3 Å². The van der Waals surface area contributed by atoms with Crippen LogP contribution in [-0.2, 0) is 4.79 Å². The summed E-state index contributed by atoms with van der Waals surface area (Å²) in [5, 5.41) is 17.6. The van der Waals surface area contributed by atoms with Crippen molar-refractivity contribution in [3.63, 3.8) is 0 Å². The fourth-order valence-corrected chi connectivity index (χ4v) is 3.95. The van der Waals surface area contributed by atoms with Crippen molar-refractivity contribution in [2.45, 2.75) is 37.8 Å². The van der Waals surface area contributed by atoms with Crippen molar-refractivity contribution in [2.75, 3.05) is 13.1 Å². The highest BCUT2D eigenvalue weighted by Crippen LogP contribution is 2.29. The molecule has 1 aliphatic heterocycles. The molecule has 2 aromatic rings. The van der Waals surface area contributed by atoms with Crippen LogP contribution in [0.15, 0.2) is 30.3 Å². The number of hydrogen-bond acceptors (Lipinski definition) is 4. The molecule has 1 aromatic carbocycles. The normalized spacial score (nSPS) is 23.4. The quantitative estimate of drug-likeness (QED) is 0.812. The molecular weight excluding hydrogens is 296 g/mol. The molecule has 2 heterocycles. The highest BCUT2D eigenvalue weighted by atomic mass is 32.1. The summed E-state index contributed by atoms with van der Waals surface area (Å²) in [6.45, 7) is 3.07. The maximum absolute atomic E-state index is 12.3. The molecule has 0 radical (unpaired) electrons. The zero-order valence-electron chi connectivity index (χ0n) is 12.8. The first-order chi connectivity index (χ1) is 10.6. The monoisotopic (exact) mass is 318 g/mol. The van der Waals surface area contributed by atoms with E-state index in [0.717, 1.165) is 40.8 Å². The largest absolute Gasteiger partial charge is 0.386 e. The Morgan fingerprint density at radius 1 is 1.45 bits per heavy atom. The topological polar surface area (TPSA) is 61.4 Å². The van der Waals surface area contributed by atoms with Gasteiger partial charge in [0.05, 0.1) is 5.54 Å². The standard InChI is InChI=1S/C17H22N2O2S/c1-17(8-4-5-9-19-17)16(21)18-11-13(20)15-10-12-6-2-3-7-14(12)22-15/h2-3,6-7,10,13,19-20H,4-5,8-9,11H2,1H3,(H,18,21). The summed E-state index contributed by atoms with van der Waals surface area (Å²) in [6.07, 6.45) is 2.37. The van der Waals surface area contributed by atoms with Crippen molar-refractivity contribution in [1.29, 1.82) is 0 Å². The highest BCUT2D eigenvalue weighted by molar-refractivity contribution is 7.19. The van der Waals surface area contributed by atoms with E-state index in [2.05, 4.69) is 10.6 Å². The van der Waals surface area contributed by atoms with Gasteiger partial charge in [-0.2, -0.15) is 0 Å². The van der Waals surface area contributed by atoms with Gasteiger partial charge < -0.3 is 15.7 Å². The van der Waals surface area contributed by atoms with Crippen LogP contribution in [0.1, 0.15) is 37.2 Å². The number of piperidine rings is 1. The number of thiophene rings is 1. The molecule has 4 nitrogen and oxygen atoms in total. The van der Waals surface area contributed by atoms with Gasteiger partial charge in [-0.15, -0.1) is 11.3 Å². The summed E-state index contributed by atoms with van der Waals surface area (Å²) in [7, 11) is 0. The number of benzene rings is 1. The third-order valence-corrected chi connectivity index (χ3v) is 5.57. The molecule has 2 unspecified atom stereocenters. The van der Waals surface area contributed by atoms with Crippen LogP contribution in [0, 0.1) is 0 Å². The Balaban J connectivity index is 1.61. The molecule has 22 heavy (non-hydrogen) atoms. The molecule has 1 saturated heterocycles. The van der Waals surface area contributed by atoms with Crippen LogP contribution in [0.3, 0.4) is 0 Å². The number of carbonyl (C=O) groups is 1. The molecule has 118 valence electrons. The molecule has 0 spiro atoms. The van der Waals surface area contributed by atoms with Gasteiger partial charge in [0.15, 0.2) is 0 Å². The fourth-order valence-electron chi connectivity index (χ4n) is 2.90. The first-order valence-corrected chi connectivity index (χ1v) is 8.60. The Morgan fingerprint density at radius 3 is 3.00 bits per heavy atom. The number of aliphatic hydroxyl groups excluding tert-OH is 1. The zero-order valence-corrected chi connectivity index (χ0v) is 13.6. The molecule has 5 heteroatoms. The predicted molar refractivity (Wildman–Crippen MR) is 90.1 cm³/mol. The van der Waals surface area contributed by atoms with Gasteiger partial charge >= 0.3 is 0 Å². The van der Waals surface area contributed by atoms with Gasteiger partial charge in [0.2, 0.25) is 5.91 Å². The average Bonchev–Trinajstić information content (AvgIpc) is 2.97. The van der Waals surface area contributed by atoms with Gasteiger partial charge in [0.25, 0.3) is 0 Å². The van der Waals surface area contributed by atoms with E-state index in [9.17, 15) is 9.90 Å². The zero-order chi connectivity index (χ0) is 15.6. The number of hydrogen-bond donors (Lipinski definition) is 3. The lowest BCUT2D eigenvalue weighted by molar-refractivity contribution is -0.128. The lowest BCUT2D eigenvalue weighted by atomic mass is 9.90. The second kappa shape index (κ2) is 6.36. The van der Waals surface area contributed by atoms with Crippen molar-refractivity contribution in [3.8, 4) is 0 Å². The maximum atomic E-state index is 12.3. The molecule has 3 N–H and O–H groups in total. The van der Waals surface area contributed by atoms with Crippen molar-refractivity contribution in [2.24, 2.45) is 0 Å². The summed E-state index contributed by atoms with van der Waals surface area (Å²) in [5.74, 6) is -0.0210. The molecular formula is C17H22N2O2S. The summed E-state index contributed by atoms with van der Waals surface area (Å²) < 4.78 is 1.16. The molecule has 1 amide bonds. The SMILES string of the molecule is CC1(C(=O)NCC(O)c2cc3ccccc3s2)CCCCN1. The fraction of sp³-hybridized carbons (Fsp3) is 0.471. The number of rotatable bonds is 4. The van der Waals surface area contributed by atoms with E-state index in [-0.39, 0.29) is 12.5 Å². The summed E-state index contributed by atoms with van der Waals surface area (Å²) >= 11 is 1.57. The van der Waals surface area contributed by atoms with E-state index in [1.807, 2.05) is 37.3 Å². The smallest absolute Gasteiger partial charge is 0.240 e. The first-order valence-electron chi connectivity index (χ1n) is 7.78. The number of fused-ring (bicyclic) bond motifs is 1. The van der Waals surface area contributed by atoms with E-state index in [0.29, 0.717) is 0 Å². The number of nitrogens with one attached hydrogen (secondary N) is 2. The third-order valence-electron chi connectivity index (χ3n) is 4.35. The van der Waals surface area contributed by atoms with Crippen LogP contribution in [0.5, 0.6) is 0 Å². The minimum absolute atomic E-state index is 0.0210. The Bertz CT molecular complexity index is 628. The van der Waals surface area contributed by atoms with Gasteiger partial charge in [0, 0.05) is 16.1 Å². The molecule has 1 aromatic heterocycles. The van der Waals surface area contributed by atoms with E-state index >= 15 is 0 Å². The van der Waals surface area contributed by atoms with Gasteiger partial charge in [-0.25, -0.2) is 0 Å². The number of amides is 1. The second-order valence-corrected chi connectivity index (χ2v) is 7.24. The summed E-state index contributed by atoms with van der Waals surface area (Å²) in [4.78, 5) is 13.2. The first kappa shape index (κ1) is 15.5. The van der Waals surface area contributed by atoms with Crippen LogP contribution in [0.2, 0.25) is 0 Å². The van der Waals surface area contributed by atoms with Crippen molar-refractivity contribution < 1.29 is 9.90 Å². The van der Waals surface area contributed by atoms with E-state index in [1.54, 1.807) is 11.3 Å². The van der Waals surface area contributed by atoms with Crippen molar-refractivity contribution in [3.05, 3.63) is 35.2 Å².